The zero-order valence-corrected chi connectivity index (χ0v) is 20.0. The van der Waals surface area contributed by atoms with Gasteiger partial charge in [0.25, 0.3) is 0 Å². The highest BCUT2D eigenvalue weighted by Crippen LogP contribution is 2.59. The van der Waals surface area contributed by atoms with E-state index in [9.17, 15) is 31.1 Å². The number of nitrogens with zero attached hydrogens (tertiary/aromatic N) is 1. The Bertz CT molecular complexity index is 1370. The Hall–Kier alpha value is -3.48. The van der Waals surface area contributed by atoms with Gasteiger partial charge in [-0.15, -0.1) is 13.2 Å². The maximum absolute atomic E-state index is 14.2. The van der Waals surface area contributed by atoms with Crippen LogP contribution in [-0.2, 0) is 4.74 Å². The minimum atomic E-state index is -4.98. The summed E-state index contributed by atoms with van der Waals surface area (Å²) in [5.41, 5.74) is -2.78. The number of halogens is 6. The van der Waals surface area contributed by atoms with Gasteiger partial charge < -0.3 is 23.9 Å². The summed E-state index contributed by atoms with van der Waals surface area (Å²) in [6.45, 7) is 2.22. The minimum absolute atomic E-state index is 0.0320. The second kappa shape index (κ2) is 9.12. The van der Waals surface area contributed by atoms with Crippen LogP contribution in [0.5, 0.6) is 17.4 Å². The molecule has 1 aliphatic heterocycles. The van der Waals surface area contributed by atoms with Gasteiger partial charge in [0.15, 0.2) is 11.0 Å². The number of benzene rings is 1. The van der Waals surface area contributed by atoms with Crippen molar-refractivity contribution in [1.82, 2.24) is 9.97 Å². The lowest BCUT2D eigenvalue weighted by atomic mass is 9.76. The Balaban J connectivity index is 1.90. The highest BCUT2D eigenvalue weighted by molar-refractivity contribution is 5.83. The van der Waals surface area contributed by atoms with E-state index in [-0.39, 0.29) is 33.8 Å². The molecule has 2 aromatic heterocycles. The largest absolute Gasteiger partial charge is 0.573 e. The fourth-order valence-corrected chi connectivity index (χ4v) is 4.73. The summed E-state index contributed by atoms with van der Waals surface area (Å²) in [4.78, 5) is 19.9. The number of methoxy groups -OCH3 is 2. The Morgan fingerprint density at radius 3 is 2.35 bits per heavy atom. The highest BCUT2D eigenvalue weighted by Gasteiger charge is 2.65. The number of H-pyrrole nitrogens is 1. The lowest BCUT2D eigenvalue weighted by Crippen LogP contribution is -2.46. The quantitative estimate of drug-likeness (QED) is 0.428. The average Bonchev–Trinajstić information content (AvgIpc) is 3.09. The van der Waals surface area contributed by atoms with Gasteiger partial charge in [0.05, 0.1) is 19.7 Å². The highest BCUT2D eigenvalue weighted by atomic mass is 19.4. The molecule has 3 heterocycles. The molecule has 0 saturated carbocycles. The molecule has 0 bridgehead atoms. The molecule has 37 heavy (non-hydrogen) atoms. The van der Waals surface area contributed by atoms with Crippen LogP contribution in [0.3, 0.4) is 0 Å². The Morgan fingerprint density at radius 2 is 1.76 bits per heavy atom. The van der Waals surface area contributed by atoms with E-state index in [4.69, 9.17) is 14.2 Å². The van der Waals surface area contributed by atoms with Gasteiger partial charge in [0.2, 0.25) is 5.88 Å². The van der Waals surface area contributed by atoms with Crippen molar-refractivity contribution in [3.8, 4) is 17.4 Å². The normalized spacial score (nSPS) is 24.3. The molecule has 4 atom stereocenters. The number of fused-ring (bicyclic) bond motifs is 1. The summed E-state index contributed by atoms with van der Waals surface area (Å²) in [6, 6.07) is 5.69. The first-order chi connectivity index (χ1) is 17.2. The topological polar surface area (TPSA) is 82.7 Å². The van der Waals surface area contributed by atoms with Crippen molar-refractivity contribution in [3.63, 3.8) is 0 Å². The van der Waals surface area contributed by atoms with Gasteiger partial charge >= 0.3 is 12.5 Å². The Labute approximate surface area is 206 Å². The maximum Gasteiger partial charge on any atom is 0.573 e. The summed E-state index contributed by atoms with van der Waals surface area (Å²) in [6.07, 6.45) is -9.77. The molecule has 13 heteroatoms. The third-order valence-corrected chi connectivity index (χ3v) is 6.69. The van der Waals surface area contributed by atoms with E-state index in [1.165, 1.54) is 39.5 Å². The van der Waals surface area contributed by atoms with Crippen molar-refractivity contribution in [2.75, 3.05) is 14.2 Å². The second-order valence-electron chi connectivity index (χ2n) is 8.74. The van der Waals surface area contributed by atoms with Gasteiger partial charge in [-0.25, -0.2) is 4.98 Å². The van der Waals surface area contributed by atoms with Crippen molar-refractivity contribution in [3.05, 3.63) is 58.0 Å². The van der Waals surface area contributed by atoms with Crippen LogP contribution in [0.15, 0.2) is 41.3 Å². The number of hydrogen-bond acceptors (Lipinski definition) is 6. The first kappa shape index (κ1) is 26.6. The molecular formula is C24H22F6N2O5. The molecule has 0 amide bonds. The number of pyridine rings is 2. The summed E-state index contributed by atoms with van der Waals surface area (Å²) >= 11 is 0. The number of nitrogens with one attached hydrogen (secondary N) is 1. The number of hydrogen-bond donors (Lipinski definition) is 1. The number of aromatic nitrogens is 2. The monoisotopic (exact) mass is 532 g/mol. The lowest BCUT2D eigenvalue weighted by Gasteiger charge is -2.32. The molecule has 1 fully saturated rings. The fraction of sp³-hybridized carbons (Fsp3) is 0.417. The van der Waals surface area contributed by atoms with Crippen LogP contribution in [0.25, 0.3) is 10.9 Å². The van der Waals surface area contributed by atoms with Crippen LogP contribution in [-0.4, -0.2) is 42.3 Å². The predicted octanol–water partition coefficient (Wildman–Crippen LogP) is 5.65. The molecule has 1 N–H and O–H groups in total. The lowest BCUT2D eigenvalue weighted by molar-refractivity contribution is -0.275. The molecule has 0 radical (unpaired) electrons. The van der Waals surface area contributed by atoms with Gasteiger partial charge in [-0.05, 0) is 19.1 Å². The van der Waals surface area contributed by atoms with E-state index >= 15 is 0 Å². The molecule has 1 aliphatic rings. The third-order valence-electron chi connectivity index (χ3n) is 6.69. The first-order valence-electron chi connectivity index (χ1n) is 10.9. The molecule has 0 spiro atoms. The van der Waals surface area contributed by atoms with Crippen molar-refractivity contribution in [2.24, 2.45) is 5.92 Å². The zero-order valence-electron chi connectivity index (χ0n) is 20.0. The first-order valence-corrected chi connectivity index (χ1v) is 10.9. The molecule has 3 aromatic rings. The molecule has 1 saturated heterocycles. The fourth-order valence-electron chi connectivity index (χ4n) is 4.73. The SMILES string of the molecule is COc1cc(OC(F)(F)F)ccc1[C@H]1[C@H](c2cc(=O)c3c(OC)nccc3[nH]2)O[C@@](C)(C(F)(F)F)[C@H]1C. The van der Waals surface area contributed by atoms with Crippen LogP contribution in [0, 0.1) is 5.92 Å². The van der Waals surface area contributed by atoms with Crippen LogP contribution in [0.1, 0.15) is 37.1 Å². The van der Waals surface area contributed by atoms with Crippen molar-refractivity contribution >= 4 is 10.9 Å². The predicted molar refractivity (Wildman–Crippen MR) is 119 cm³/mol. The summed E-state index contributed by atoms with van der Waals surface area (Å²) < 4.78 is 101. The number of aromatic amines is 1. The van der Waals surface area contributed by atoms with E-state index in [1.807, 2.05) is 0 Å². The standard InChI is InChI=1S/C24H22F6N2O5/c1-11-18(13-6-5-12(9-17(13)34-3)36-24(28,29)30)20(37-22(11,2)23(25,26)27)15-10-16(33)19-14(32-15)7-8-31-21(19)35-4/h5-11,18,20H,1-4H3,(H,32,33)/t11-,18-,20-,22+/m0/s1. The zero-order chi connectivity index (χ0) is 27.3. The van der Waals surface area contributed by atoms with E-state index in [2.05, 4.69) is 14.7 Å². The number of rotatable bonds is 5. The maximum atomic E-state index is 14.2. The minimum Gasteiger partial charge on any atom is -0.496 e. The van der Waals surface area contributed by atoms with Crippen molar-refractivity contribution in [2.45, 2.75) is 44.0 Å². The molecule has 4 rings (SSSR count). The van der Waals surface area contributed by atoms with E-state index in [0.717, 1.165) is 25.1 Å². The van der Waals surface area contributed by atoms with E-state index in [1.54, 1.807) is 0 Å². The van der Waals surface area contributed by atoms with Crippen LogP contribution >= 0.6 is 0 Å². The summed E-state index contributed by atoms with van der Waals surface area (Å²) in [5, 5.41) is 0.0983. The Morgan fingerprint density at radius 1 is 1.05 bits per heavy atom. The van der Waals surface area contributed by atoms with Gasteiger partial charge in [-0.2, -0.15) is 13.2 Å². The molecular weight excluding hydrogens is 510 g/mol. The van der Waals surface area contributed by atoms with E-state index in [0.29, 0.717) is 0 Å². The van der Waals surface area contributed by atoms with Crippen molar-refractivity contribution in [1.29, 1.82) is 0 Å². The average molecular weight is 532 g/mol. The smallest absolute Gasteiger partial charge is 0.496 e. The Kier molecular flexibility index (Phi) is 6.55. The molecule has 7 nitrogen and oxygen atoms in total. The van der Waals surface area contributed by atoms with Gasteiger partial charge in [0, 0.05) is 41.4 Å². The van der Waals surface area contributed by atoms with Crippen LogP contribution in [0.2, 0.25) is 0 Å². The number of ether oxygens (including phenoxy) is 4. The van der Waals surface area contributed by atoms with Gasteiger partial charge in [-0.1, -0.05) is 13.0 Å². The molecule has 200 valence electrons. The van der Waals surface area contributed by atoms with Crippen molar-refractivity contribution < 1.29 is 45.3 Å². The third kappa shape index (κ3) is 4.67. The molecule has 1 aromatic carbocycles. The molecule has 0 unspecified atom stereocenters. The molecule has 0 aliphatic carbocycles. The number of alkyl halides is 6. The van der Waals surface area contributed by atoms with Crippen LogP contribution in [0.4, 0.5) is 26.3 Å². The van der Waals surface area contributed by atoms with Gasteiger partial charge in [-0.3, -0.25) is 4.79 Å². The van der Waals surface area contributed by atoms with Gasteiger partial charge in [0.1, 0.15) is 23.0 Å². The second-order valence-corrected chi connectivity index (χ2v) is 8.74. The summed E-state index contributed by atoms with van der Waals surface area (Å²) in [5.74, 6) is -3.03. The van der Waals surface area contributed by atoms with Crippen LogP contribution < -0.4 is 19.6 Å². The van der Waals surface area contributed by atoms with E-state index < -0.39 is 47.3 Å². The summed E-state index contributed by atoms with van der Waals surface area (Å²) in [7, 11) is 2.49.